The lowest BCUT2D eigenvalue weighted by molar-refractivity contribution is 0.394. The molecular formula is C24H24N8O2. The highest BCUT2D eigenvalue weighted by molar-refractivity contribution is 5.82. The van der Waals surface area contributed by atoms with Crippen molar-refractivity contribution in [2.75, 3.05) is 25.7 Å². The first kappa shape index (κ1) is 21.4. The van der Waals surface area contributed by atoms with E-state index in [2.05, 4.69) is 30.2 Å². The largest absolute Gasteiger partial charge is 0.497 e. The minimum atomic E-state index is 0.646. The summed E-state index contributed by atoms with van der Waals surface area (Å²) in [5.41, 5.74) is 5.18. The minimum absolute atomic E-state index is 0.646. The Kier molecular flexibility index (Phi) is 5.77. The standard InChI is InChI=1S/C24H24N8O2/c1-31-14-16(12-28-31)23-13-25-21-5-4-17(10-22(21)29-23)32(7-6-24-26-15-27-30-24)18-8-19(33-2)11-20(9-18)34-3/h4-5,8-15H,6-7H2,1-3H3,(H,26,27,30). The van der Waals surface area contributed by atoms with Gasteiger partial charge in [0.25, 0.3) is 0 Å². The van der Waals surface area contributed by atoms with Crippen LogP contribution >= 0.6 is 0 Å². The highest BCUT2D eigenvalue weighted by Gasteiger charge is 2.15. The fraction of sp³-hybridized carbons (Fsp3) is 0.208. The fourth-order valence-corrected chi connectivity index (χ4v) is 3.78. The molecule has 5 rings (SSSR count). The summed E-state index contributed by atoms with van der Waals surface area (Å²) >= 11 is 0. The molecule has 5 aromatic rings. The summed E-state index contributed by atoms with van der Waals surface area (Å²) < 4.78 is 12.8. The predicted molar refractivity (Wildman–Crippen MR) is 128 cm³/mol. The van der Waals surface area contributed by atoms with Gasteiger partial charge in [-0.15, -0.1) is 0 Å². The smallest absolute Gasteiger partial charge is 0.137 e. The summed E-state index contributed by atoms with van der Waals surface area (Å²) in [6.45, 7) is 0.646. The summed E-state index contributed by atoms with van der Waals surface area (Å²) in [6.07, 6.45) is 7.66. The lowest BCUT2D eigenvalue weighted by Gasteiger charge is -2.26. The van der Waals surface area contributed by atoms with E-state index < -0.39 is 0 Å². The number of fused-ring (bicyclic) bond motifs is 1. The van der Waals surface area contributed by atoms with E-state index >= 15 is 0 Å². The van der Waals surface area contributed by atoms with Gasteiger partial charge in [0.2, 0.25) is 0 Å². The van der Waals surface area contributed by atoms with Gasteiger partial charge in [-0.25, -0.2) is 9.97 Å². The van der Waals surface area contributed by atoms with Gasteiger partial charge in [0.05, 0.1) is 43.3 Å². The zero-order chi connectivity index (χ0) is 23.5. The van der Waals surface area contributed by atoms with Gasteiger partial charge in [0, 0.05) is 61.3 Å². The van der Waals surface area contributed by atoms with Crippen LogP contribution in [0.4, 0.5) is 11.4 Å². The Labute approximate surface area is 196 Å². The lowest BCUT2D eigenvalue weighted by Crippen LogP contribution is -2.21. The van der Waals surface area contributed by atoms with Crippen molar-refractivity contribution in [3.05, 3.63) is 67.1 Å². The van der Waals surface area contributed by atoms with Crippen molar-refractivity contribution in [2.24, 2.45) is 7.05 Å². The quantitative estimate of drug-likeness (QED) is 0.378. The van der Waals surface area contributed by atoms with Gasteiger partial charge in [-0.05, 0) is 18.2 Å². The zero-order valence-corrected chi connectivity index (χ0v) is 19.1. The Morgan fingerprint density at radius 1 is 0.941 bits per heavy atom. The topological polar surface area (TPSA) is 107 Å². The van der Waals surface area contributed by atoms with E-state index in [1.807, 2.05) is 49.6 Å². The molecule has 0 unspecified atom stereocenters. The molecule has 0 fully saturated rings. The van der Waals surface area contributed by atoms with Crippen LogP contribution < -0.4 is 14.4 Å². The number of ether oxygens (including phenoxy) is 2. The first-order valence-corrected chi connectivity index (χ1v) is 10.7. The number of hydrogen-bond acceptors (Lipinski definition) is 8. The number of rotatable bonds is 8. The van der Waals surface area contributed by atoms with Gasteiger partial charge >= 0.3 is 0 Å². The van der Waals surface area contributed by atoms with Crippen molar-refractivity contribution in [3.63, 3.8) is 0 Å². The molecule has 10 heteroatoms. The normalized spacial score (nSPS) is 11.0. The number of H-pyrrole nitrogens is 1. The number of methoxy groups -OCH3 is 2. The maximum absolute atomic E-state index is 5.51. The van der Waals surface area contributed by atoms with E-state index in [9.17, 15) is 0 Å². The Morgan fingerprint density at radius 3 is 2.44 bits per heavy atom. The maximum atomic E-state index is 5.51. The van der Waals surface area contributed by atoms with Gasteiger partial charge in [-0.1, -0.05) is 0 Å². The number of aryl methyl sites for hydroxylation is 1. The number of nitrogens with zero attached hydrogens (tertiary/aromatic N) is 7. The van der Waals surface area contributed by atoms with Crippen LogP contribution in [0, 0.1) is 0 Å². The summed E-state index contributed by atoms with van der Waals surface area (Å²) in [6, 6.07) is 11.9. The van der Waals surface area contributed by atoms with Gasteiger partial charge in [-0.3, -0.25) is 14.8 Å². The minimum Gasteiger partial charge on any atom is -0.497 e. The molecule has 3 aromatic heterocycles. The van der Waals surface area contributed by atoms with Crippen LogP contribution in [0.25, 0.3) is 22.3 Å². The van der Waals surface area contributed by atoms with E-state index in [-0.39, 0.29) is 0 Å². The second kappa shape index (κ2) is 9.18. The summed E-state index contributed by atoms with van der Waals surface area (Å²) in [5.74, 6) is 2.22. The molecule has 2 aromatic carbocycles. The number of anilines is 2. The maximum Gasteiger partial charge on any atom is 0.137 e. The van der Waals surface area contributed by atoms with Crippen molar-refractivity contribution in [2.45, 2.75) is 6.42 Å². The molecule has 3 heterocycles. The third-order valence-electron chi connectivity index (χ3n) is 5.52. The number of aromatic nitrogens is 7. The summed E-state index contributed by atoms with van der Waals surface area (Å²) in [7, 11) is 5.16. The average molecular weight is 457 g/mol. The summed E-state index contributed by atoms with van der Waals surface area (Å²) in [5, 5.41) is 11.1. The second-order valence-corrected chi connectivity index (χ2v) is 7.74. The zero-order valence-electron chi connectivity index (χ0n) is 19.1. The molecule has 0 bridgehead atoms. The van der Waals surface area contributed by atoms with Crippen LogP contribution in [-0.2, 0) is 13.5 Å². The molecule has 0 aliphatic carbocycles. The van der Waals surface area contributed by atoms with E-state index in [0.717, 1.165) is 39.5 Å². The second-order valence-electron chi connectivity index (χ2n) is 7.74. The molecule has 0 aliphatic rings. The van der Waals surface area contributed by atoms with Gasteiger partial charge in [0.1, 0.15) is 23.7 Å². The van der Waals surface area contributed by atoms with Crippen molar-refractivity contribution in [1.29, 1.82) is 0 Å². The van der Waals surface area contributed by atoms with Crippen molar-refractivity contribution < 1.29 is 9.47 Å². The number of benzene rings is 2. The average Bonchev–Trinajstić information content (AvgIpc) is 3.55. The fourth-order valence-electron chi connectivity index (χ4n) is 3.78. The lowest BCUT2D eigenvalue weighted by atomic mass is 10.1. The highest BCUT2D eigenvalue weighted by atomic mass is 16.5. The molecule has 172 valence electrons. The SMILES string of the molecule is COc1cc(OC)cc(N(CCc2ncn[nH]2)c2ccc3ncc(-c4cnn(C)c4)nc3c2)c1. The molecule has 0 radical (unpaired) electrons. The van der Waals surface area contributed by atoms with Crippen LogP contribution in [0.5, 0.6) is 11.5 Å². The Morgan fingerprint density at radius 2 is 1.76 bits per heavy atom. The van der Waals surface area contributed by atoms with Crippen LogP contribution in [0.15, 0.2) is 61.3 Å². The van der Waals surface area contributed by atoms with Crippen LogP contribution in [0.1, 0.15) is 5.82 Å². The molecule has 0 spiro atoms. The van der Waals surface area contributed by atoms with E-state index in [0.29, 0.717) is 24.5 Å². The Bertz CT molecular complexity index is 1390. The molecule has 0 aliphatic heterocycles. The number of aromatic amines is 1. The molecule has 0 saturated heterocycles. The first-order valence-electron chi connectivity index (χ1n) is 10.7. The van der Waals surface area contributed by atoms with Gasteiger partial charge in [-0.2, -0.15) is 10.2 Å². The van der Waals surface area contributed by atoms with Crippen molar-refractivity contribution in [1.82, 2.24) is 34.9 Å². The van der Waals surface area contributed by atoms with E-state index in [1.165, 1.54) is 6.33 Å². The molecule has 0 saturated carbocycles. The number of hydrogen-bond donors (Lipinski definition) is 1. The highest BCUT2D eigenvalue weighted by Crippen LogP contribution is 2.34. The van der Waals surface area contributed by atoms with Gasteiger partial charge in [0.15, 0.2) is 0 Å². The van der Waals surface area contributed by atoms with Crippen molar-refractivity contribution >= 4 is 22.4 Å². The monoisotopic (exact) mass is 456 g/mol. The van der Waals surface area contributed by atoms with E-state index in [4.69, 9.17) is 14.5 Å². The molecule has 1 N–H and O–H groups in total. The molecule has 0 atom stereocenters. The third-order valence-corrected chi connectivity index (χ3v) is 5.52. The molecule has 0 amide bonds. The molecule has 10 nitrogen and oxygen atoms in total. The summed E-state index contributed by atoms with van der Waals surface area (Å²) in [4.78, 5) is 15.9. The third kappa shape index (κ3) is 4.38. The Balaban J connectivity index is 1.57. The van der Waals surface area contributed by atoms with Crippen LogP contribution in [0.2, 0.25) is 0 Å². The number of nitrogens with one attached hydrogen (secondary N) is 1. The Hall–Kier alpha value is -4.47. The van der Waals surface area contributed by atoms with Gasteiger partial charge < -0.3 is 14.4 Å². The van der Waals surface area contributed by atoms with Crippen molar-refractivity contribution in [3.8, 4) is 22.8 Å². The first-order chi connectivity index (χ1) is 16.6. The van der Waals surface area contributed by atoms with Crippen LogP contribution in [-0.4, -0.2) is 55.7 Å². The van der Waals surface area contributed by atoms with E-state index in [1.54, 1.807) is 31.3 Å². The predicted octanol–water partition coefficient (Wildman–Crippen LogP) is 3.55. The molecular weight excluding hydrogens is 432 g/mol. The molecule has 34 heavy (non-hydrogen) atoms. The van der Waals surface area contributed by atoms with Crippen LogP contribution in [0.3, 0.4) is 0 Å².